The van der Waals surface area contributed by atoms with Crippen molar-refractivity contribution in [2.45, 2.75) is 32.8 Å². The Balaban J connectivity index is 2.38. The molecule has 1 unspecified atom stereocenters. The fourth-order valence-electron chi connectivity index (χ4n) is 1.74. The number of aromatic nitrogens is 2. The molecule has 5 heteroatoms. The van der Waals surface area contributed by atoms with Gasteiger partial charge in [0.2, 0.25) is 5.82 Å². The molecule has 0 saturated heterocycles. The lowest BCUT2D eigenvalue weighted by Gasteiger charge is -2.21. The summed E-state index contributed by atoms with van der Waals surface area (Å²) in [4.78, 5) is 4.38. The number of ether oxygens (including phenoxy) is 1. The molecule has 0 fully saturated rings. The van der Waals surface area contributed by atoms with Crippen molar-refractivity contribution in [3.05, 3.63) is 29.6 Å². The molecule has 19 heavy (non-hydrogen) atoms. The molecule has 2 aromatic rings. The summed E-state index contributed by atoms with van der Waals surface area (Å²) in [5, 5.41) is 13.5. The maximum absolute atomic E-state index is 9.51. The maximum Gasteiger partial charge on any atom is 0.258 e. The SMILES string of the molecule is CCC(C)(OC)c1noc(-c2ccc(O)c(C)c2)n1. The van der Waals surface area contributed by atoms with E-state index in [4.69, 9.17) is 9.26 Å². The van der Waals surface area contributed by atoms with E-state index >= 15 is 0 Å². The highest BCUT2D eigenvalue weighted by Gasteiger charge is 2.30. The highest BCUT2D eigenvalue weighted by atomic mass is 16.5. The van der Waals surface area contributed by atoms with E-state index in [0.717, 1.165) is 17.5 Å². The summed E-state index contributed by atoms with van der Waals surface area (Å²) in [7, 11) is 1.63. The number of benzene rings is 1. The fraction of sp³-hybridized carbons (Fsp3) is 0.429. The highest BCUT2D eigenvalue weighted by molar-refractivity contribution is 5.56. The molecule has 0 bridgehead atoms. The van der Waals surface area contributed by atoms with Gasteiger partial charge in [-0.3, -0.25) is 0 Å². The van der Waals surface area contributed by atoms with Crippen LogP contribution in [0.25, 0.3) is 11.5 Å². The molecule has 1 heterocycles. The Hall–Kier alpha value is -1.88. The number of phenols is 1. The normalized spacial score (nSPS) is 14.3. The van der Waals surface area contributed by atoms with Crippen molar-refractivity contribution < 1.29 is 14.4 Å². The molecular formula is C14H18N2O3. The number of phenolic OH excluding ortho intramolecular Hbond substituents is 1. The minimum Gasteiger partial charge on any atom is -0.508 e. The molecule has 0 saturated carbocycles. The van der Waals surface area contributed by atoms with Gasteiger partial charge in [-0.15, -0.1) is 0 Å². The minimum absolute atomic E-state index is 0.249. The van der Waals surface area contributed by atoms with Gasteiger partial charge in [-0.25, -0.2) is 0 Å². The smallest absolute Gasteiger partial charge is 0.258 e. The van der Waals surface area contributed by atoms with Crippen LogP contribution in [0.3, 0.4) is 0 Å². The van der Waals surface area contributed by atoms with E-state index in [1.807, 2.05) is 26.8 Å². The molecule has 0 aliphatic heterocycles. The molecule has 0 spiro atoms. The van der Waals surface area contributed by atoms with Crippen LogP contribution < -0.4 is 0 Å². The fourth-order valence-corrected chi connectivity index (χ4v) is 1.74. The molecule has 2 rings (SSSR count). The number of hydrogen-bond donors (Lipinski definition) is 1. The average molecular weight is 262 g/mol. The van der Waals surface area contributed by atoms with Crippen LogP contribution in [0.4, 0.5) is 0 Å². The number of methoxy groups -OCH3 is 1. The van der Waals surface area contributed by atoms with E-state index in [0.29, 0.717) is 11.7 Å². The number of rotatable bonds is 4. The first-order chi connectivity index (χ1) is 9.00. The molecular weight excluding hydrogens is 244 g/mol. The van der Waals surface area contributed by atoms with E-state index < -0.39 is 5.60 Å². The number of nitrogens with zero attached hydrogens (tertiary/aromatic N) is 2. The molecule has 0 amide bonds. The van der Waals surface area contributed by atoms with Crippen molar-refractivity contribution in [1.82, 2.24) is 10.1 Å². The van der Waals surface area contributed by atoms with Gasteiger partial charge in [0, 0.05) is 12.7 Å². The van der Waals surface area contributed by atoms with Crippen molar-refractivity contribution in [2.75, 3.05) is 7.11 Å². The van der Waals surface area contributed by atoms with Gasteiger partial charge < -0.3 is 14.4 Å². The average Bonchev–Trinajstić information content (AvgIpc) is 2.91. The molecule has 5 nitrogen and oxygen atoms in total. The van der Waals surface area contributed by atoms with Crippen LogP contribution in [-0.2, 0) is 10.3 Å². The van der Waals surface area contributed by atoms with E-state index in [1.165, 1.54) is 0 Å². The summed E-state index contributed by atoms with van der Waals surface area (Å²) in [5.74, 6) is 1.20. The molecule has 102 valence electrons. The van der Waals surface area contributed by atoms with Gasteiger partial charge in [-0.2, -0.15) is 4.98 Å². The molecule has 1 N–H and O–H groups in total. The van der Waals surface area contributed by atoms with E-state index in [9.17, 15) is 5.11 Å². The monoisotopic (exact) mass is 262 g/mol. The summed E-state index contributed by atoms with van der Waals surface area (Å²) < 4.78 is 10.7. The first-order valence-electron chi connectivity index (χ1n) is 6.19. The first-order valence-corrected chi connectivity index (χ1v) is 6.19. The molecule has 0 aliphatic carbocycles. The predicted octanol–water partition coefficient (Wildman–Crippen LogP) is 3.02. The zero-order valence-electron chi connectivity index (χ0n) is 11.6. The largest absolute Gasteiger partial charge is 0.508 e. The summed E-state index contributed by atoms with van der Waals surface area (Å²) in [6, 6.07) is 5.17. The van der Waals surface area contributed by atoms with Crippen LogP contribution in [0.1, 0.15) is 31.7 Å². The Morgan fingerprint density at radius 2 is 2.16 bits per heavy atom. The standard InChI is InChI=1S/C14H18N2O3/c1-5-14(3,18-4)13-15-12(19-16-13)10-6-7-11(17)9(2)8-10/h6-8,17H,5H2,1-4H3. The van der Waals surface area contributed by atoms with Crippen LogP contribution in [0.15, 0.2) is 22.7 Å². The third-order valence-electron chi connectivity index (χ3n) is 3.47. The summed E-state index contributed by atoms with van der Waals surface area (Å²) in [6.07, 6.45) is 0.747. The van der Waals surface area contributed by atoms with Gasteiger partial charge in [0.15, 0.2) is 0 Å². The lowest BCUT2D eigenvalue weighted by Crippen LogP contribution is -2.24. The first kappa shape index (κ1) is 13.5. The minimum atomic E-state index is -0.548. The lowest BCUT2D eigenvalue weighted by molar-refractivity contribution is -0.0106. The lowest BCUT2D eigenvalue weighted by atomic mass is 10.0. The Labute approximate surface area is 112 Å². The Kier molecular flexibility index (Phi) is 3.57. The van der Waals surface area contributed by atoms with Crippen molar-refractivity contribution >= 4 is 0 Å². The predicted molar refractivity (Wildman–Crippen MR) is 70.8 cm³/mol. The second-order valence-electron chi connectivity index (χ2n) is 4.71. The number of aryl methyl sites for hydroxylation is 1. The van der Waals surface area contributed by atoms with Crippen molar-refractivity contribution in [3.63, 3.8) is 0 Å². The van der Waals surface area contributed by atoms with E-state index in [1.54, 1.807) is 19.2 Å². The molecule has 1 aromatic carbocycles. The van der Waals surface area contributed by atoms with Crippen LogP contribution in [-0.4, -0.2) is 22.4 Å². The second kappa shape index (κ2) is 5.01. The van der Waals surface area contributed by atoms with Gasteiger partial charge in [-0.05, 0) is 44.0 Å². The Morgan fingerprint density at radius 3 is 2.74 bits per heavy atom. The molecule has 1 atom stereocenters. The van der Waals surface area contributed by atoms with Crippen LogP contribution in [0, 0.1) is 6.92 Å². The van der Waals surface area contributed by atoms with Gasteiger partial charge in [-0.1, -0.05) is 12.1 Å². The van der Waals surface area contributed by atoms with Gasteiger partial charge in [0.05, 0.1) is 0 Å². The quantitative estimate of drug-likeness (QED) is 0.917. The molecule has 0 radical (unpaired) electrons. The zero-order chi connectivity index (χ0) is 14.0. The van der Waals surface area contributed by atoms with Crippen LogP contribution in [0.2, 0.25) is 0 Å². The van der Waals surface area contributed by atoms with Gasteiger partial charge in [0.1, 0.15) is 11.4 Å². The number of aromatic hydroxyl groups is 1. The van der Waals surface area contributed by atoms with Crippen molar-refractivity contribution in [1.29, 1.82) is 0 Å². The van der Waals surface area contributed by atoms with Gasteiger partial charge in [0.25, 0.3) is 5.89 Å². The van der Waals surface area contributed by atoms with E-state index in [-0.39, 0.29) is 5.75 Å². The summed E-state index contributed by atoms with van der Waals surface area (Å²) in [6.45, 7) is 5.75. The van der Waals surface area contributed by atoms with Crippen LogP contribution in [0.5, 0.6) is 5.75 Å². The zero-order valence-corrected chi connectivity index (χ0v) is 11.6. The second-order valence-corrected chi connectivity index (χ2v) is 4.71. The topological polar surface area (TPSA) is 68.4 Å². The Morgan fingerprint density at radius 1 is 1.42 bits per heavy atom. The summed E-state index contributed by atoms with van der Waals surface area (Å²) >= 11 is 0. The van der Waals surface area contributed by atoms with Crippen molar-refractivity contribution in [2.24, 2.45) is 0 Å². The third kappa shape index (κ3) is 2.46. The van der Waals surface area contributed by atoms with Crippen molar-refractivity contribution in [3.8, 4) is 17.2 Å². The third-order valence-corrected chi connectivity index (χ3v) is 3.47. The number of hydrogen-bond acceptors (Lipinski definition) is 5. The van der Waals surface area contributed by atoms with E-state index in [2.05, 4.69) is 10.1 Å². The molecule has 0 aliphatic rings. The Bertz CT molecular complexity index is 574. The molecule has 1 aromatic heterocycles. The summed E-state index contributed by atoms with van der Waals surface area (Å²) in [5.41, 5.74) is 0.999. The maximum atomic E-state index is 9.51. The van der Waals surface area contributed by atoms with Crippen LogP contribution >= 0.6 is 0 Å². The van der Waals surface area contributed by atoms with Gasteiger partial charge >= 0.3 is 0 Å². The highest BCUT2D eigenvalue weighted by Crippen LogP contribution is 2.29.